The standard InChI is InChI=1S/C15H28O2/c1-13(16)11-9-7-5-6-8-10-12-14(17)15(2,3)4/h5-12H2,1-4H3. The Bertz CT molecular complexity index is 236. The van der Waals surface area contributed by atoms with Crippen molar-refractivity contribution < 1.29 is 9.59 Å². The van der Waals surface area contributed by atoms with Gasteiger partial charge in [0.25, 0.3) is 0 Å². The molecule has 0 radical (unpaired) electrons. The lowest BCUT2D eigenvalue weighted by Crippen LogP contribution is -2.19. The molecule has 0 aromatic heterocycles. The highest BCUT2D eigenvalue weighted by Crippen LogP contribution is 2.19. The summed E-state index contributed by atoms with van der Waals surface area (Å²) in [6.45, 7) is 7.60. The SMILES string of the molecule is CC(=O)CCCCCCCCC(=O)C(C)(C)C. The van der Waals surface area contributed by atoms with Crippen molar-refractivity contribution in [2.75, 3.05) is 0 Å². The molecule has 0 atom stereocenters. The topological polar surface area (TPSA) is 34.1 Å². The number of unbranched alkanes of at least 4 members (excludes halogenated alkanes) is 5. The Hall–Kier alpha value is -0.660. The maximum Gasteiger partial charge on any atom is 0.138 e. The van der Waals surface area contributed by atoms with Gasteiger partial charge < -0.3 is 4.79 Å². The number of carbonyl (C=O) groups excluding carboxylic acids is 2. The van der Waals surface area contributed by atoms with Gasteiger partial charge in [-0.3, -0.25) is 4.79 Å². The molecule has 0 heterocycles. The van der Waals surface area contributed by atoms with Crippen LogP contribution in [-0.2, 0) is 9.59 Å². The van der Waals surface area contributed by atoms with Crippen LogP contribution in [0.5, 0.6) is 0 Å². The Morgan fingerprint density at radius 1 is 0.765 bits per heavy atom. The van der Waals surface area contributed by atoms with Gasteiger partial charge in [-0.15, -0.1) is 0 Å². The predicted molar refractivity (Wildman–Crippen MR) is 72.1 cm³/mol. The van der Waals surface area contributed by atoms with Gasteiger partial charge in [0.2, 0.25) is 0 Å². The first-order valence-electron chi connectivity index (χ1n) is 6.87. The third kappa shape index (κ3) is 10.2. The van der Waals surface area contributed by atoms with Crippen LogP contribution >= 0.6 is 0 Å². The lowest BCUT2D eigenvalue weighted by Gasteiger charge is -2.16. The zero-order valence-corrected chi connectivity index (χ0v) is 12.0. The first-order chi connectivity index (χ1) is 7.84. The summed E-state index contributed by atoms with van der Waals surface area (Å²) in [5.41, 5.74) is -0.179. The first-order valence-corrected chi connectivity index (χ1v) is 6.87. The van der Waals surface area contributed by atoms with E-state index in [-0.39, 0.29) is 5.41 Å². The fourth-order valence-corrected chi connectivity index (χ4v) is 1.74. The van der Waals surface area contributed by atoms with Gasteiger partial charge in [0, 0.05) is 18.3 Å². The Labute approximate surface area is 106 Å². The Morgan fingerprint density at radius 3 is 1.59 bits per heavy atom. The predicted octanol–water partition coefficient (Wildman–Crippen LogP) is 4.31. The average Bonchev–Trinajstić information content (AvgIpc) is 2.19. The molecule has 0 saturated carbocycles. The van der Waals surface area contributed by atoms with Crippen molar-refractivity contribution in [2.24, 2.45) is 5.41 Å². The molecule has 0 aliphatic rings. The molecular formula is C15H28O2. The van der Waals surface area contributed by atoms with E-state index in [1.807, 2.05) is 20.8 Å². The summed E-state index contributed by atoms with van der Waals surface area (Å²) < 4.78 is 0. The van der Waals surface area contributed by atoms with E-state index in [0.29, 0.717) is 11.6 Å². The summed E-state index contributed by atoms with van der Waals surface area (Å²) in [5, 5.41) is 0. The van der Waals surface area contributed by atoms with Crippen molar-refractivity contribution in [3.05, 3.63) is 0 Å². The average molecular weight is 240 g/mol. The minimum absolute atomic E-state index is 0.179. The van der Waals surface area contributed by atoms with Gasteiger partial charge in [0.05, 0.1) is 0 Å². The molecule has 17 heavy (non-hydrogen) atoms. The fourth-order valence-electron chi connectivity index (χ4n) is 1.74. The zero-order valence-electron chi connectivity index (χ0n) is 12.0. The molecular weight excluding hydrogens is 212 g/mol. The second-order valence-electron chi connectivity index (χ2n) is 6.00. The Kier molecular flexibility index (Phi) is 8.11. The highest BCUT2D eigenvalue weighted by Gasteiger charge is 2.19. The molecule has 0 aromatic rings. The molecule has 100 valence electrons. The summed E-state index contributed by atoms with van der Waals surface area (Å²) in [6.07, 6.45) is 8.15. The van der Waals surface area contributed by atoms with Crippen LogP contribution in [0.4, 0.5) is 0 Å². The summed E-state index contributed by atoms with van der Waals surface area (Å²) in [4.78, 5) is 22.3. The van der Waals surface area contributed by atoms with Crippen LogP contribution in [0, 0.1) is 5.41 Å². The molecule has 0 spiro atoms. The van der Waals surface area contributed by atoms with Crippen LogP contribution in [0.1, 0.15) is 79.1 Å². The summed E-state index contributed by atoms with van der Waals surface area (Å²) >= 11 is 0. The highest BCUT2D eigenvalue weighted by atomic mass is 16.1. The summed E-state index contributed by atoms with van der Waals surface area (Å²) in [5.74, 6) is 0.662. The largest absolute Gasteiger partial charge is 0.300 e. The lowest BCUT2D eigenvalue weighted by atomic mass is 9.88. The quantitative estimate of drug-likeness (QED) is 0.563. The Morgan fingerprint density at radius 2 is 1.18 bits per heavy atom. The van der Waals surface area contributed by atoms with Crippen molar-refractivity contribution >= 4 is 11.6 Å². The van der Waals surface area contributed by atoms with Crippen LogP contribution in [0.2, 0.25) is 0 Å². The van der Waals surface area contributed by atoms with Crippen molar-refractivity contribution in [1.29, 1.82) is 0 Å². The van der Waals surface area contributed by atoms with Crippen molar-refractivity contribution in [3.63, 3.8) is 0 Å². The second kappa shape index (κ2) is 8.43. The number of hydrogen-bond acceptors (Lipinski definition) is 2. The molecule has 0 saturated heterocycles. The second-order valence-corrected chi connectivity index (χ2v) is 6.00. The first kappa shape index (κ1) is 16.3. The molecule has 0 rings (SSSR count). The van der Waals surface area contributed by atoms with E-state index in [0.717, 1.165) is 38.5 Å². The van der Waals surface area contributed by atoms with Gasteiger partial charge in [-0.25, -0.2) is 0 Å². The van der Waals surface area contributed by atoms with Crippen molar-refractivity contribution in [2.45, 2.75) is 79.1 Å². The molecule has 0 fully saturated rings. The van der Waals surface area contributed by atoms with E-state index in [1.54, 1.807) is 6.92 Å². The minimum atomic E-state index is -0.179. The maximum atomic E-state index is 11.6. The molecule has 2 nitrogen and oxygen atoms in total. The van der Waals surface area contributed by atoms with Gasteiger partial charge >= 0.3 is 0 Å². The maximum absolute atomic E-state index is 11.6. The van der Waals surface area contributed by atoms with Crippen molar-refractivity contribution in [3.8, 4) is 0 Å². The van der Waals surface area contributed by atoms with E-state index in [9.17, 15) is 9.59 Å². The molecule has 2 heteroatoms. The number of hydrogen-bond donors (Lipinski definition) is 0. The van der Waals surface area contributed by atoms with Crippen LogP contribution in [-0.4, -0.2) is 11.6 Å². The van der Waals surface area contributed by atoms with E-state index in [2.05, 4.69) is 0 Å². The molecule has 0 aliphatic heterocycles. The summed E-state index contributed by atoms with van der Waals surface area (Å²) in [7, 11) is 0. The van der Waals surface area contributed by atoms with E-state index in [1.165, 1.54) is 12.8 Å². The van der Waals surface area contributed by atoms with Crippen LogP contribution in [0.15, 0.2) is 0 Å². The normalized spacial score (nSPS) is 11.5. The number of carbonyl (C=O) groups is 2. The minimum Gasteiger partial charge on any atom is -0.300 e. The van der Waals surface area contributed by atoms with Crippen LogP contribution < -0.4 is 0 Å². The molecule has 0 aliphatic carbocycles. The number of rotatable bonds is 9. The van der Waals surface area contributed by atoms with E-state index >= 15 is 0 Å². The third-order valence-electron chi connectivity index (χ3n) is 3.02. The number of ketones is 2. The summed E-state index contributed by atoms with van der Waals surface area (Å²) in [6, 6.07) is 0. The number of Topliss-reactive ketones (excluding diaryl/α,β-unsaturated/α-hetero) is 2. The molecule has 0 aromatic carbocycles. The molecule has 0 unspecified atom stereocenters. The third-order valence-corrected chi connectivity index (χ3v) is 3.02. The van der Waals surface area contributed by atoms with Crippen molar-refractivity contribution in [1.82, 2.24) is 0 Å². The smallest absolute Gasteiger partial charge is 0.138 e. The molecule has 0 N–H and O–H groups in total. The van der Waals surface area contributed by atoms with Crippen LogP contribution in [0.25, 0.3) is 0 Å². The van der Waals surface area contributed by atoms with Gasteiger partial charge in [0.1, 0.15) is 11.6 Å². The Balaban J connectivity index is 3.30. The van der Waals surface area contributed by atoms with Gasteiger partial charge in [-0.2, -0.15) is 0 Å². The monoisotopic (exact) mass is 240 g/mol. The zero-order chi connectivity index (χ0) is 13.3. The van der Waals surface area contributed by atoms with Crippen LogP contribution in [0.3, 0.4) is 0 Å². The van der Waals surface area contributed by atoms with Gasteiger partial charge in [0.15, 0.2) is 0 Å². The fraction of sp³-hybridized carbons (Fsp3) is 0.867. The lowest BCUT2D eigenvalue weighted by molar-refractivity contribution is -0.126. The molecule has 0 bridgehead atoms. The van der Waals surface area contributed by atoms with Gasteiger partial charge in [-0.1, -0.05) is 46.5 Å². The van der Waals surface area contributed by atoms with E-state index in [4.69, 9.17) is 0 Å². The molecule has 0 amide bonds. The van der Waals surface area contributed by atoms with E-state index < -0.39 is 0 Å². The highest BCUT2D eigenvalue weighted by molar-refractivity contribution is 5.83. The van der Waals surface area contributed by atoms with Gasteiger partial charge in [-0.05, 0) is 19.8 Å².